The second-order valence-corrected chi connectivity index (χ2v) is 4.72. The minimum absolute atomic E-state index is 0.0125. The fourth-order valence-corrected chi connectivity index (χ4v) is 1.87. The first-order valence-electron chi connectivity index (χ1n) is 6.09. The average molecular weight is 282 g/mol. The van der Waals surface area contributed by atoms with Gasteiger partial charge in [-0.2, -0.15) is 13.2 Å². The molecule has 2 aromatic carbocycles. The lowest BCUT2D eigenvalue weighted by molar-refractivity contribution is -0.0885. The lowest BCUT2D eigenvalue weighted by Gasteiger charge is -2.11. The quantitative estimate of drug-likeness (QED) is 0.781. The molecule has 0 aliphatic heterocycles. The van der Waals surface area contributed by atoms with E-state index in [1.165, 1.54) is 18.2 Å². The Kier molecular flexibility index (Phi) is 3.70. The number of ether oxygens (including phenoxy) is 1. The van der Waals surface area contributed by atoms with Crippen molar-refractivity contribution in [2.45, 2.75) is 26.1 Å². The highest BCUT2D eigenvalue weighted by Crippen LogP contribution is 2.26. The first-order chi connectivity index (χ1) is 9.27. The van der Waals surface area contributed by atoms with Crippen LogP contribution in [0.15, 0.2) is 36.4 Å². The highest BCUT2D eigenvalue weighted by Gasteiger charge is 2.39. The predicted molar refractivity (Wildman–Crippen MR) is 70.1 cm³/mol. The van der Waals surface area contributed by atoms with Crippen LogP contribution in [0.4, 0.5) is 13.2 Å². The van der Waals surface area contributed by atoms with Crippen molar-refractivity contribution < 1.29 is 22.7 Å². The number of hydrogen-bond acceptors (Lipinski definition) is 2. The SMILES string of the molecule is CC(C)Oc1ccc2cc(C(=O)C(F)(F)F)ccc2c1. The van der Waals surface area contributed by atoms with Crippen LogP contribution < -0.4 is 4.74 Å². The minimum atomic E-state index is -4.85. The van der Waals surface area contributed by atoms with Crippen molar-refractivity contribution in [3.05, 3.63) is 42.0 Å². The molecule has 106 valence electrons. The molecule has 0 spiro atoms. The van der Waals surface area contributed by atoms with Crippen molar-refractivity contribution in [1.29, 1.82) is 0 Å². The van der Waals surface area contributed by atoms with Gasteiger partial charge in [-0.15, -0.1) is 0 Å². The first kappa shape index (κ1) is 14.4. The number of rotatable bonds is 3. The van der Waals surface area contributed by atoms with Crippen LogP contribution in [0, 0.1) is 0 Å². The summed E-state index contributed by atoms with van der Waals surface area (Å²) in [5, 5.41) is 1.29. The molecule has 0 aliphatic rings. The summed E-state index contributed by atoms with van der Waals surface area (Å²) in [6.07, 6.45) is -4.84. The van der Waals surface area contributed by atoms with Crippen molar-refractivity contribution in [3.8, 4) is 5.75 Å². The Balaban J connectivity index is 2.39. The zero-order chi connectivity index (χ0) is 14.9. The molecule has 0 aliphatic carbocycles. The maximum Gasteiger partial charge on any atom is 0.454 e. The number of halogens is 3. The van der Waals surface area contributed by atoms with Crippen LogP contribution in [-0.2, 0) is 0 Å². The van der Waals surface area contributed by atoms with E-state index in [4.69, 9.17) is 4.74 Å². The third-order valence-corrected chi connectivity index (χ3v) is 2.70. The molecule has 0 N–H and O–H groups in total. The Morgan fingerprint density at radius 1 is 1.05 bits per heavy atom. The summed E-state index contributed by atoms with van der Waals surface area (Å²) in [6.45, 7) is 3.77. The molecule has 0 atom stereocenters. The summed E-state index contributed by atoms with van der Waals surface area (Å²) in [4.78, 5) is 11.2. The van der Waals surface area contributed by atoms with Gasteiger partial charge in [0, 0.05) is 5.56 Å². The van der Waals surface area contributed by atoms with Crippen LogP contribution in [0.2, 0.25) is 0 Å². The first-order valence-corrected chi connectivity index (χ1v) is 6.09. The van der Waals surface area contributed by atoms with Gasteiger partial charge in [0.1, 0.15) is 5.75 Å². The smallest absolute Gasteiger partial charge is 0.454 e. The Morgan fingerprint density at radius 3 is 2.25 bits per heavy atom. The minimum Gasteiger partial charge on any atom is -0.491 e. The van der Waals surface area contributed by atoms with Crippen LogP contribution in [0.25, 0.3) is 10.8 Å². The molecule has 0 bridgehead atoms. The summed E-state index contributed by atoms with van der Waals surface area (Å²) >= 11 is 0. The lowest BCUT2D eigenvalue weighted by Crippen LogP contribution is -2.22. The van der Waals surface area contributed by atoms with Gasteiger partial charge in [-0.05, 0) is 42.8 Å². The van der Waals surface area contributed by atoms with E-state index in [0.29, 0.717) is 11.1 Å². The molecular weight excluding hydrogens is 269 g/mol. The normalized spacial score (nSPS) is 11.9. The summed E-state index contributed by atoms with van der Waals surface area (Å²) in [5.41, 5.74) is -0.359. The van der Waals surface area contributed by atoms with E-state index >= 15 is 0 Å². The molecule has 0 radical (unpaired) electrons. The van der Waals surface area contributed by atoms with Crippen molar-refractivity contribution >= 4 is 16.6 Å². The molecule has 0 saturated carbocycles. The highest BCUT2D eigenvalue weighted by molar-refractivity contribution is 6.03. The Morgan fingerprint density at radius 2 is 1.65 bits per heavy atom. The second kappa shape index (κ2) is 5.15. The number of ketones is 1. The van der Waals surface area contributed by atoms with E-state index in [1.54, 1.807) is 18.2 Å². The number of carbonyl (C=O) groups is 1. The number of hydrogen-bond donors (Lipinski definition) is 0. The number of Topliss-reactive ketones (excluding diaryl/α,β-unsaturated/α-hetero) is 1. The van der Waals surface area contributed by atoms with Gasteiger partial charge >= 0.3 is 6.18 Å². The van der Waals surface area contributed by atoms with Crippen molar-refractivity contribution in [2.24, 2.45) is 0 Å². The van der Waals surface area contributed by atoms with Crippen LogP contribution in [0.3, 0.4) is 0 Å². The number of benzene rings is 2. The van der Waals surface area contributed by atoms with Gasteiger partial charge in [0.05, 0.1) is 6.10 Å². The Hall–Kier alpha value is -2.04. The fraction of sp³-hybridized carbons (Fsp3) is 0.267. The Labute approximate surface area is 114 Å². The fourth-order valence-electron chi connectivity index (χ4n) is 1.87. The number of fused-ring (bicyclic) bond motifs is 1. The number of carbonyl (C=O) groups excluding carboxylic acids is 1. The summed E-state index contributed by atoms with van der Waals surface area (Å²) in [7, 11) is 0. The van der Waals surface area contributed by atoms with Crippen LogP contribution in [0.1, 0.15) is 24.2 Å². The molecule has 0 fully saturated rings. The largest absolute Gasteiger partial charge is 0.491 e. The molecule has 0 saturated heterocycles. The molecule has 0 aromatic heterocycles. The third kappa shape index (κ3) is 3.10. The average Bonchev–Trinajstić information content (AvgIpc) is 2.35. The van der Waals surface area contributed by atoms with E-state index in [2.05, 4.69) is 0 Å². The number of alkyl halides is 3. The Bertz CT molecular complexity index is 645. The zero-order valence-corrected chi connectivity index (χ0v) is 11.0. The molecular formula is C15H13F3O2. The van der Waals surface area contributed by atoms with E-state index in [0.717, 1.165) is 5.39 Å². The molecule has 5 heteroatoms. The topological polar surface area (TPSA) is 26.3 Å². The molecule has 2 aromatic rings. The van der Waals surface area contributed by atoms with Gasteiger partial charge in [0.15, 0.2) is 0 Å². The molecule has 2 nitrogen and oxygen atoms in total. The van der Waals surface area contributed by atoms with Crippen molar-refractivity contribution in [1.82, 2.24) is 0 Å². The van der Waals surface area contributed by atoms with E-state index in [-0.39, 0.29) is 11.7 Å². The standard InChI is InChI=1S/C15H13F3O2/c1-9(2)20-13-6-5-10-7-12(4-3-11(10)8-13)14(19)15(16,17)18/h3-9H,1-2H3. The van der Waals surface area contributed by atoms with Gasteiger partial charge in [-0.1, -0.05) is 18.2 Å². The van der Waals surface area contributed by atoms with Crippen LogP contribution in [-0.4, -0.2) is 18.1 Å². The van der Waals surface area contributed by atoms with Gasteiger partial charge in [-0.25, -0.2) is 0 Å². The molecule has 0 amide bonds. The van der Waals surface area contributed by atoms with Crippen molar-refractivity contribution in [2.75, 3.05) is 0 Å². The van der Waals surface area contributed by atoms with Crippen LogP contribution in [0.5, 0.6) is 5.75 Å². The highest BCUT2D eigenvalue weighted by atomic mass is 19.4. The monoisotopic (exact) mass is 282 g/mol. The zero-order valence-electron chi connectivity index (χ0n) is 11.0. The van der Waals surface area contributed by atoms with Gasteiger partial charge in [0.2, 0.25) is 0 Å². The second-order valence-electron chi connectivity index (χ2n) is 4.72. The molecule has 2 rings (SSSR count). The summed E-state index contributed by atoms with van der Waals surface area (Å²) < 4.78 is 42.6. The molecule has 20 heavy (non-hydrogen) atoms. The lowest BCUT2D eigenvalue weighted by atomic mass is 10.0. The van der Waals surface area contributed by atoms with Gasteiger partial charge in [0.25, 0.3) is 5.78 Å². The van der Waals surface area contributed by atoms with Crippen molar-refractivity contribution in [3.63, 3.8) is 0 Å². The maximum atomic E-state index is 12.4. The molecule has 0 heterocycles. The summed E-state index contributed by atoms with van der Waals surface area (Å²) in [5.74, 6) is -1.19. The van der Waals surface area contributed by atoms with Gasteiger partial charge < -0.3 is 4.74 Å². The third-order valence-electron chi connectivity index (χ3n) is 2.70. The van der Waals surface area contributed by atoms with Crippen LogP contribution >= 0.6 is 0 Å². The summed E-state index contributed by atoms with van der Waals surface area (Å²) in [6, 6.07) is 8.95. The predicted octanol–water partition coefficient (Wildman–Crippen LogP) is 4.37. The molecule has 0 unspecified atom stereocenters. The van der Waals surface area contributed by atoms with E-state index in [9.17, 15) is 18.0 Å². The van der Waals surface area contributed by atoms with Gasteiger partial charge in [-0.3, -0.25) is 4.79 Å². The maximum absolute atomic E-state index is 12.4. The van der Waals surface area contributed by atoms with E-state index < -0.39 is 12.0 Å². The van der Waals surface area contributed by atoms with E-state index in [1.807, 2.05) is 13.8 Å².